The van der Waals surface area contributed by atoms with Gasteiger partial charge in [-0.1, -0.05) is 19.9 Å². The van der Waals surface area contributed by atoms with Gasteiger partial charge in [-0.15, -0.1) is 0 Å². The molecule has 1 N–H and O–H groups in total. The van der Waals surface area contributed by atoms with E-state index < -0.39 is 0 Å². The van der Waals surface area contributed by atoms with Gasteiger partial charge in [0, 0.05) is 23.8 Å². The van der Waals surface area contributed by atoms with Crippen LogP contribution < -0.4 is 10.1 Å². The van der Waals surface area contributed by atoms with Crippen LogP contribution >= 0.6 is 0 Å². The fourth-order valence-electron chi connectivity index (χ4n) is 2.14. The molecule has 21 heavy (non-hydrogen) atoms. The number of aryl methyl sites for hydroxylation is 1. The van der Waals surface area contributed by atoms with Gasteiger partial charge in [-0.05, 0) is 49.7 Å². The summed E-state index contributed by atoms with van der Waals surface area (Å²) >= 11 is 0. The van der Waals surface area contributed by atoms with Gasteiger partial charge >= 0.3 is 0 Å². The minimum atomic E-state index is 0.482. The van der Waals surface area contributed by atoms with Gasteiger partial charge in [0.15, 0.2) is 0 Å². The molecule has 3 heteroatoms. The second-order valence-corrected chi connectivity index (χ2v) is 5.43. The lowest BCUT2D eigenvalue weighted by Gasteiger charge is -2.11. The first-order chi connectivity index (χ1) is 10.1. The Morgan fingerprint density at radius 1 is 1.10 bits per heavy atom. The van der Waals surface area contributed by atoms with Gasteiger partial charge in [-0.25, -0.2) is 0 Å². The number of hydrogen-bond acceptors (Lipinski definition) is 3. The summed E-state index contributed by atoms with van der Waals surface area (Å²) in [5.74, 6) is 0.899. The van der Waals surface area contributed by atoms with E-state index in [4.69, 9.17) is 9.72 Å². The lowest BCUT2D eigenvalue weighted by atomic mass is 10.1. The van der Waals surface area contributed by atoms with E-state index in [0.717, 1.165) is 29.2 Å². The van der Waals surface area contributed by atoms with Crippen LogP contribution in [0.1, 0.15) is 32.0 Å². The summed E-state index contributed by atoms with van der Waals surface area (Å²) < 4.78 is 5.47. The standard InChI is InChI=1S/C18H24N2O/c1-5-21-17-9-6-15(7-10-17)18-11-8-16(14(4)20-18)12-19-13(2)3/h6-11,13,19H,5,12H2,1-4H3. The van der Waals surface area contributed by atoms with E-state index in [9.17, 15) is 0 Å². The van der Waals surface area contributed by atoms with Crippen LogP contribution in [0.25, 0.3) is 11.3 Å². The van der Waals surface area contributed by atoms with Crippen molar-refractivity contribution in [2.45, 2.75) is 40.3 Å². The van der Waals surface area contributed by atoms with Crippen molar-refractivity contribution < 1.29 is 4.74 Å². The van der Waals surface area contributed by atoms with Crippen LogP contribution in [0.15, 0.2) is 36.4 Å². The highest BCUT2D eigenvalue weighted by Gasteiger charge is 2.05. The van der Waals surface area contributed by atoms with Crippen molar-refractivity contribution in [3.8, 4) is 17.0 Å². The topological polar surface area (TPSA) is 34.1 Å². The molecule has 2 aromatic rings. The van der Waals surface area contributed by atoms with E-state index >= 15 is 0 Å². The summed E-state index contributed by atoms with van der Waals surface area (Å²) in [4.78, 5) is 4.72. The van der Waals surface area contributed by atoms with Crippen molar-refractivity contribution in [1.82, 2.24) is 10.3 Å². The largest absolute Gasteiger partial charge is 0.494 e. The smallest absolute Gasteiger partial charge is 0.119 e. The van der Waals surface area contributed by atoms with Crippen molar-refractivity contribution in [2.75, 3.05) is 6.61 Å². The lowest BCUT2D eigenvalue weighted by Crippen LogP contribution is -2.22. The van der Waals surface area contributed by atoms with Gasteiger partial charge in [0.2, 0.25) is 0 Å². The summed E-state index contributed by atoms with van der Waals surface area (Å²) in [5, 5.41) is 3.43. The Morgan fingerprint density at radius 2 is 1.81 bits per heavy atom. The normalized spacial score (nSPS) is 10.9. The lowest BCUT2D eigenvalue weighted by molar-refractivity contribution is 0.340. The molecule has 1 aromatic carbocycles. The summed E-state index contributed by atoms with van der Waals surface area (Å²) in [5.41, 5.74) is 4.45. The predicted octanol–water partition coefficient (Wildman–Crippen LogP) is 3.95. The molecule has 1 heterocycles. The first-order valence-corrected chi connectivity index (χ1v) is 7.53. The molecular formula is C18H24N2O. The number of nitrogens with zero attached hydrogens (tertiary/aromatic N) is 1. The highest BCUT2D eigenvalue weighted by atomic mass is 16.5. The van der Waals surface area contributed by atoms with Crippen LogP contribution in [0.5, 0.6) is 5.75 Å². The Balaban J connectivity index is 2.15. The first kappa shape index (κ1) is 15.5. The molecule has 0 bridgehead atoms. The molecule has 0 fully saturated rings. The van der Waals surface area contributed by atoms with E-state index in [0.29, 0.717) is 12.6 Å². The molecule has 2 rings (SSSR count). The minimum absolute atomic E-state index is 0.482. The fraction of sp³-hybridized carbons (Fsp3) is 0.389. The van der Waals surface area contributed by atoms with Gasteiger partial charge < -0.3 is 10.1 Å². The van der Waals surface area contributed by atoms with Gasteiger partial charge in [0.1, 0.15) is 5.75 Å². The average molecular weight is 284 g/mol. The van der Waals surface area contributed by atoms with Crippen molar-refractivity contribution in [1.29, 1.82) is 0 Å². The van der Waals surface area contributed by atoms with Crippen LogP contribution in [0, 0.1) is 6.92 Å². The fourth-order valence-corrected chi connectivity index (χ4v) is 2.14. The van der Waals surface area contributed by atoms with Crippen LogP contribution in [0.3, 0.4) is 0 Å². The molecule has 0 saturated heterocycles. The van der Waals surface area contributed by atoms with Gasteiger partial charge in [0.25, 0.3) is 0 Å². The zero-order chi connectivity index (χ0) is 15.2. The van der Waals surface area contributed by atoms with Crippen molar-refractivity contribution in [3.05, 3.63) is 47.7 Å². The van der Waals surface area contributed by atoms with E-state index in [1.165, 1.54) is 5.56 Å². The predicted molar refractivity (Wildman–Crippen MR) is 87.6 cm³/mol. The number of aromatic nitrogens is 1. The maximum atomic E-state index is 5.47. The number of ether oxygens (including phenoxy) is 1. The third-order valence-electron chi connectivity index (χ3n) is 3.36. The van der Waals surface area contributed by atoms with Crippen molar-refractivity contribution in [2.24, 2.45) is 0 Å². The molecule has 0 aliphatic rings. The number of rotatable bonds is 6. The molecule has 1 aromatic heterocycles. The molecular weight excluding hydrogens is 260 g/mol. The summed E-state index contributed by atoms with van der Waals surface area (Å²) in [7, 11) is 0. The highest BCUT2D eigenvalue weighted by molar-refractivity contribution is 5.60. The average Bonchev–Trinajstić information content (AvgIpc) is 2.47. The molecule has 0 saturated carbocycles. The quantitative estimate of drug-likeness (QED) is 0.872. The third-order valence-corrected chi connectivity index (χ3v) is 3.36. The maximum Gasteiger partial charge on any atom is 0.119 e. The second-order valence-electron chi connectivity index (χ2n) is 5.43. The van der Waals surface area contributed by atoms with Gasteiger partial charge in [-0.3, -0.25) is 4.98 Å². The Bertz CT molecular complexity index is 576. The van der Waals surface area contributed by atoms with Crippen molar-refractivity contribution in [3.63, 3.8) is 0 Å². The van der Waals surface area contributed by atoms with Crippen LogP contribution in [0.4, 0.5) is 0 Å². The Hall–Kier alpha value is -1.87. The molecule has 0 unspecified atom stereocenters. The molecule has 0 spiro atoms. The minimum Gasteiger partial charge on any atom is -0.494 e. The molecule has 0 atom stereocenters. The number of hydrogen-bond donors (Lipinski definition) is 1. The third kappa shape index (κ3) is 4.30. The summed E-state index contributed by atoms with van der Waals surface area (Å²) in [6.07, 6.45) is 0. The maximum absolute atomic E-state index is 5.47. The number of benzene rings is 1. The number of nitrogens with one attached hydrogen (secondary N) is 1. The van der Waals surface area contributed by atoms with Gasteiger partial charge in [0.05, 0.1) is 12.3 Å². The van der Waals surface area contributed by atoms with Crippen molar-refractivity contribution >= 4 is 0 Å². The van der Waals surface area contributed by atoms with E-state index in [2.05, 4.69) is 50.4 Å². The number of pyridine rings is 1. The molecule has 0 amide bonds. The monoisotopic (exact) mass is 284 g/mol. The van der Waals surface area contributed by atoms with E-state index in [-0.39, 0.29) is 0 Å². The van der Waals surface area contributed by atoms with Crippen LogP contribution in [-0.4, -0.2) is 17.6 Å². The Morgan fingerprint density at radius 3 is 2.38 bits per heavy atom. The molecule has 112 valence electrons. The Kier molecular flexibility index (Phi) is 5.34. The molecule has 3 nitrogen and oxygen atoms in total. The SMILES string of the molecule is CCOc1ccc(-c2ccc(CNC(C)C)c(C)n2)cc1. The van der Waals surface area contributed by atoms with E-state index in [1.54, 1.807) is 0 Å². The van der Waals surface area contributed by atoms with Crippen LogP contribution in [0.2, 0.25) is 0 Å². The Labute approximate surface area is 127 Å². The zero-order valence-corrected chi connectivity index (χ0v) is 13.3. The highest BCUT2D eigenvalue weighted by Crippen LogP contribution is 2.22. The molecule has 0 aliphatic heterocycles. The van der Waals surface area contributed by atoms with E-state index in [1.807, 2.05) is 19.1 Å². The van der Waals surface area contributed by atoms with Crippen LogP contribution in [-0.2, 0) is 6.54 Å². The van der Waals surface area contributed by atoms with Gasteiger partial charge in [-0.2, -0.15) is 0 Å². The first-order valence-electron chi connectivity index (χ1n) is 7.53. The molecule has 0 radical (unpaired) electrons. The summed E-state index contributed by atoms with van der Waals surface area (Å²) in [6, 6.07) is 12.8. The zero-order valence-electron chi connectivity index (χ0n) is 13.3. The molecule has 0 aliphatic carbocycles. The summed E-state index contributed by atoms with van der Waals surface area (Å²) in [6.45, 7) is 9.90. The second kappa shape index (κ2) is 7.23.